The van der Waals surface area contributed by atoms with Crippen LogP contribution in [0.1, 0.15) is 50.4 Å². The number of hydrogen-bond donors (Lipinski definition) is 0. The van der Waals surface area contributed by atoms with Gasteiger partial charge in [-0.05, 0) is 58.2 Å². The highest BCUT2D eigenvalue weighted by Crippen LogP contribution is 2.37. The van der Waals surface area contributed by atoms with E-state index in [1.807, 2.05) is 36.4 Å². The molecule has 0 amide bonds. The van der Waals surface area contributed by atoms with Crippen LogP contribution >= 0.6 is 0 Å². The summed E-state index contributed by atoms with van der Waals surface area (Å²) in [6.45, 7) is 6.76. The van der Waals surface area contributed by atoms with Crippen LogP contribution in [0.15, 0.2) is 54.6 Å². The predicted molar refractivity (Wildman–Crippen MR) is 112 cm³/mol. The molecule has 1 saturated carbocycles. The fraction of sp³-hybridized carbons (Fsp3) is 0.400. The highest BCUT2D eigenvalue weighted by molar-refractivity contribution is 6.16. The minimum atomic E-state index is -0.173. The van der Waals surface area contributed by atoms with E-state index in [0.29, 0.717) is 23.3 Å². The monoisotopic (exact) mass is 360 g/mol. The van der Waals surface area contributed by atoms with Gasteiger partial charge in [-0.2, -0.15) is 0 Å². The Labute approximate surface area is 161 Å². The molecule has 0 radical (unpaired) electrons. The van der Waals surface area contributed by atoms with Crippen LogP contribution in [0.3, 0.4) is 0 Å². The molecule has 3 atom stereocenters. The number of ether oxygens (including phenoxy) is 1. The first-order valence-electron chi connectivity index (χ1n) is 10.2. The Kier molecular flexibility index (Phi) is 4.90. The molecule has 3 aromatic carbocycles. The molecule has 0 aliphatic heterocycles. The highest BCUT2D eigenvalue weighted by atomic mass is 16.5. The molecule has 0 heterocycles. The largest absolute Gasteiger partial charge is 0.458 e. The molecule has 0 bridgehead atoms. The predicted octanol–water partition coefficient (Wildman–Crippen LogP) is 6.61. The minimum Gasteiger partial charge on any atom is -0.458 e. The molecule has 1 aliphatic rings. The summed E-state index contributed by atoms with van der Waals surface area (Å²) in [6, 6.07) is 18.4. The van der Waals surface area contributed by atoms with Gasteiger partial charge in [0.15, 0.2) is 0 Å². The number of fused-ring (bicyclic) bond motifs is 2. The Bertz CT molecular complexity index is 918. The van der Waals surface area contributed by atoms with Gasteiger partial charge >= 0.3 is 5.97 Å². The number of rotatable bonds is 3. The summed E-state index contributed by atoms with van der Waals surface area (Å²) < 4.78 is 6.20. The van der Waals surface area contributed by atoms with Gasteiger partial charge in [-0.1, -0.05) is 75.7 Å². The van der Waals surface area contributed by atoms with Crippen molar-refractivity contribution in [1.82, 2.24) is 0 Å². The smallest absolute Gasteiger partial charge is 0.339 e. The van der Waals surface area contributed by atoms with Crippen LogP contribution in [0.4, 0.5) is 0 Å². The van der Waals surface area contributed by atoms with Crippen LogP contribution in [0.2, 0.25) is 0 Å². The van der Waals surface area contributed by atoms with E-state index in [1.165, 1.54) is 6.42 Å². The lowest BCUT2D eigenvalue weighted by Crippen LogP contribution is -2.36. The molecule has 0 spiro atoms. The maximum Gasteiger partial charge on any atom is 0.339 e. The first-order chi connectivity index (χ1) is 13.0. The van der Waals surface area contributed by atoms with E-state index in [0.717, 1.165) is 34.4 Å². The summed E-state index contributed by atoms with van der Waals surface area (Å²) in [5.41, 5.74) is 0.712. The summed E-state index contributed by atoms with van der Waals surface area (Å²) in [7, 11) is 0. The lowest BCUT2D eigenvalue weighted by Gasteiger charge is -2.36. The summed E-state index contributed by atoms with van der Waals surface area (Å²) in [5.74, 6) is 1.42. The highest BCUT2D eigenvalue weighted by Gasteiger charge is 2.34. The lowest BCUT2D eigenvalue weighted by atomic mass is 9.75. The van der Waals surface area contributed by atoms with Crippen molar-refractivity contribution in [1.29, 1.82) is 0 Å². The Morgan fingerprint density at radius 3 is 2.15 bits per heavy atom. The Hall–Kier alpha value is -2.35. The summed E-state index contributed by atoms with van der Waals surface area (Å²) >= 11 is 0. The summed E-state index contributed by atoms with van der Waals surface area (Å²) in [6.07, 6.45) is 3.36. The van der Waals surface area contributed by atoms with Gasteiger partial charge in [0.1, 0.15) is 6.10 Å². The van der Waals surface area contributed by atoms with Gasteiger partial charge in [0.2, 0.25) is 0 Å². The average Bonchev–Trinajstić information content (AvgIpc) is 2.65. The van der Waals surface area contributed by atoms with Crippen LogP contribution in [0, 0.1) is 17.8 Å². The molecule has 140 valence electrons. The van der Waals surface area contributed by atoms with Crippen molar-refractivity contribution in [3.63, 3.8) is 0 Å². The Morgan fingerprint density at radius 2 is 1.56 bits per heavy atom. The standard InChI is InChI=1S/C25H28O2/c1-16(2)20-13-12-17(3)14-23(20)27-25(26)24-21-10-6-4-8-18(21)15-19-9-5-7-11-22(19)24/h4-11,15-17,20,23H,12-14H2,1-3H3/t17-,20+,23-/m1/s1. The summed E-state index contributed by atoms with van der Waals surface area (Å²) in [4.78, 5) is 13.4. The first kappa shape index (κ1) is 18.0. The van der Waals surface area contributed by atoms with Crippen LogP contribution in [0.25, 0.3) is 21.5 Å². The Morgan fingerprint density at radius 1 is 0.963 bits per heavy atom. The molecular formula is C25H28O2. The van der Waals surface area contributed by atoms with Gasteiger partial charge in [-0.3, -0.25) is 0 Å². The molecule has 1 aliphatic carbocycles. The fourth-order valence-electron chi connectivity index (χ4n) is 4.68. The van der Waals surface area contributed by atoms with Gasteiger partial charge in [-0.25, -0.2) is 4.79 Å². The molecule has 1 fully saturated rings. The number of hydrogen-bond acceptors (Lipinski definition) is 2. The number of benzene rings is 3. The van der Waals surface area contributed by atoms with Crippen LogP contribution in [-0.2, 0) is 4.74 Å². The van der Waals surface area contributed by atoms with Crippen molar-refractivity contribution in [2.45, 2.75) is 46.1 Å². The topological polar surface area (TPSA) is 26.3 Å². The maximum absolute atomic E-state index is 13.4. The van der Waals surface area contributed by atoms with E-state index in [9.17, 15) is 4.79 Å². The molecule has 0 saturated heterocycles. The third-order valence-corrected chi connectivity index (χ3v) is 6.20. The molecule has 0 aromatic heterocycles. The molecule has 2 nitrogen and oxygen atoms in total. The van der Waals surface area contributed by atoms with E-state index < -0.39 is 0 Å². The van der Waals surface area contributed by atoms with Crippen LogP contribution in [-0.4, -0.2) is 12.1 Å². The quantitative estimate of drug-likeness (QED) is 0.388. The third-order valence-electron chi connectivity index (χ3n) is 6.20. The molecule has 0 N–H and O–H groups in total. The molecule has 3 aromatic rings. The Balaban J connectivity index is 1.77. The zero-order valence-corrected chi connectivity index (χ0v) is 16.4. The second-order valence-electron chi connectivity index (χ2n) is 8.46. The minimum absolute atomic E-state index is 0.0129. The van der Waals surface area contributed by atoms with Gasteiger partial charge in [-0.15, -0.1) is 0 Å². The van der Waals surface area contributed by atoms with Crippen LogP contribution < -0.4 is 0 Å². The van der Waals surface area contributed by atoms with Crippen molar-refractivity contribution in [2.75, 3.05) is 0 Å². The normalized spacial score (nSPS) is 23.0. The number of esters is 1. The third kappa shape index (κ3) is 3.45. The zero-order valence-electron chi connectivity index (χ0n) is 16.4. The second-order valence-corrected chi connectivity index (χ2v) is 8.46. The summed E-state index contributed by atoms with van der Waals surface area (Å²) in [5, 5.41) is 4.12. The van der Waals surface area contributed by atoms with Crippen molar-refractivity contribution in [3.8, 4) is 0 Å². The van der Waals surface area contributed by atoms with E-state index in [2.05, 4.69) is 39.0 Å². The molecule has 0 unspecified atom stereocenters. The average molecular weight is 360 g/mol. The SMILES string of the molecule is CC(C)[C@@H]1CC[C@@H](C)C[C@H]1OC(=O)c1c2ccccc2cc2ccccc12. The van der Waals surface area contributed by atoms with E-state index in [4.69, 9.17) is 4.74 Å². The zero-order chi connectivity index (χ0) is 19.0. The fourth-order valence-corrected chi connectivity index (χ4v) is 4.68. The first-order valence-corrected chi connectivity index (χ1v) is 10.2. The maximum atomic E-state index is 13.4. The van der Waals surface area contributed by atoms with Gasteiger partial charge < -0.3 is 4.74 Å². The van der Waals surface area contributed by atoms with Crippen molar-refractivity contribution >= 4 is 27.5 Å². The second kappa shape index (κ2) is 7.34. The van der Waals surface area contributed by atoms with Gasteiger partial charge in [0.05, 0.1) is 5.56 Å². The van der Waals surface area contributed by atoms with Crippen molar-refractivity contribution < 1.29 is 9.53 Å². The molecule has 4 rings (SSSR count). The van der Waals surface area contributed by atoms with Gasteiger partial charge in [0.25, 0.3) is 0 Å². The van der Waals surface area contributed by atoms with E-state index in [1.54, 1.807) is 0 Å². The number of carbonyl (C=O) groups excluding carboxylic acids is 1. The van der Waals surface area contributed by atoms with E-state index >= 15 is 0 Å². The van der Waals surface area contributed by atoms with Crippen molar-refractivity contribution in [3.05, 3.63) is 60.2 Å². The molecular weight excluding hydrogens is 332 g/mol. The van der Waals surface area contributed by atoms with Gasteiger partial charge in [0, 0.05) is 0 Å². The molecule has 27 heavy (non-hydrogen) atoms. The lowest BCUT2D eigenvalue weighted by molar-refractivity contribution is -0.0170. The van der Waals surface area contributed by atoms with Crippen LogP contribution in [0.5, 0.6) is 0 Å². The number of carbonyl (C=O) groups is 1. The molecule has 2 heteroatoms. The van der Waals surface area contributed by atoms with E-state index in [-0.39, 0.29) is 12.1 Å². The van der Waals surface area contributed by atoms with Crippen molar-refractivity contribution in [2.24, 2.45) is 17.8 Å².